The first-order chi connectivity index (χ1) is 7.19. The molecule has 0 unspecified atom stereocenters. The van der Waals surface area contributed by atoms with E-state index in [1.807, 2.05) is 20.9 Å². The lowest BCUT2D eigenvalue weighted by Gasteiger charge is -2.01. The minimum absolute atomic E-state index is 0. The maximum atomic E-state index is 11.6. The molecule has 0 bridgehead atoms. The third-order valence-corrected chi connectivity index (χ3v) is 2.23. The van der Waals surface area contributed by atoms with Gasteiger partial charge in [0.05, 0.1) is 0 Å². The van der Waals surface area contributed by atoms with Crippen molar-refractivity contribution in [2.75, 3.05) is 20.1 Å². The molecular weight excluding hydrogens is 228 g/mol. The molecule has 0 atom stereocenters. The molecule has 92 valence electrons. The number of hydrogen-bond acceptors (Lipinski definition) is 3. The third kappa shape index (κ3) is 3.87. The lowest BCUT2D eigenvalue weighted by Crippen LogP contribution is -2.30. The number of rotatable bonds is 5. The van der Waals surface area contributed by atoms with E-state index in [9.17, 15) is 4.79 Å². The zero-order chi connectivity index (χ0) is 11.3. The van der Waals surface area contributed by atoms with E-state index in [2.05, 4.69) is 10.6 Å². The lowest BCUT2D eigenvalue weighted by molar-refractivity contribution is 0.0925. The van der Waals surface area contributed by atoms with Gasteiger partial charge in [-0.15, -0.1) is 12.4 Å². The average molecular weight is 247 g/mol. The zero-order valence-corrected chi connectivity index (χ0v) is 10.7. The molecular formula is C11H19ClN2O2. The summed E-state index contributed by atoms with van der Waals surface area (Å²) in [6.07, 6.45) is 0.815. The second-order valence-electron chi connectivity index (χ2n) is 3.43. The van der Waals surface area contributed by atoms with Crippen LogP contribution in [-0.2, 0) is 6.42 Å². The first-order valence-electron chi connectivity index (χ1n) is 5.21. The Morgan fingerprint density at radius 1 is 1.44 bits per heavy atom. The molecule has 1 aromatic heterocycles. The molecule has 5 heteroatoms. The van der Waals surface area contributed by atoms with Gasteiger partial charge in [-0.1, -0.05) is 6.92 Å². The van der Waals surface area contributed by atoms with Crippen LogP contribution in [0.2, 0.25) is 0 Å². The minimum atomic E-state index is -0.145. The van der Waals surface area contributed by atoms with Crippen LogP contribution >= 0.6 is 12.4 Å². The standard InChI is InChI=1S/C11H18N2O2.ClH/c1-4-9-8(2)7-10(15-9)11(14)13-6-5-12-3;/h7,12H,4-6H2,1-3H3,(H,13,14);1H. The summed E-state index contributed by atoms with van der Waals surface area (Å²) in [5, 5.41) is 5.73. The van der Waals surface area contributed by atoms with Crippen LogP contribution in [0.15, 0.2) is 10.5 Å². The van der Waals surface area contributed by atoms with Gasteiger partial charge in [0.2, 0.25) is 0 Å². The number of nitrogens with one attached hydrogen (secondary N) is 2. The molecule has 1 aromatic rings. The van der Waals surface area contributed by atoms with E-state index >= 15 is 0 Å². The number of likely N-dealkylation sites (N-methyl/N-ethyl adjacent to an activating group) is 1. The quantitative estimate of drug-likeness (QED) is 0.775. The summed E-state index contributed by atoms with van der Waals surface area (Å²) < 4.78 is 5.42. The first kappa shape index (κ1) is 15.0. The van der Waals surface area contributed by atoms with E-state index in [0.29, 0.717) is 12.3 Å². The van der Waals surface area contributed by atoms with E-state index in [-0.39, 0.29) is 18.3 Å². The summed E-state index contributed by atoms with van der Waals surface area (Å²) in [4.78, 5) is 11.6. The SMILES string of the molecule is CCc1oc(C(=O)NCCNC)cc1C.Cl. The summed E-state index contributed by atoms with van der Waals surface area (Å²) in [6, 6.07) is 1.79. The van der Waals surface area contributed by atoms with E-state index in [1.165, 1.54) is 0 Å². The second-order valence-corrected chi connectivity index (χ2v) is 3.43. The number of carbonyl (C=O) groups is 1. The van der Waals surface area contributed by atoms with Crippen molar-refractivity contribution < 1.29 is 9.21 Å². The number of furan rings is 1. The van der Waals surface area contributed by atoms with Crippen LogP contribution in [-0.4, -0.2) is 26.0 Å². The van der Waals surface area contributed by atoms with Crippen molar-refractivity contribution in [3.63, 3.8) is 0 Å². The van der Waals surface area contributed by atoms with Gasteiger partial charge in [0.15, 0.2) is 5.76 Å². The Labute approximate surface area is 102 Å². The first-order valence-corrected chi connectivity index (χ1v) is 5.21. The molecule has 0 aromatic carbocycles. The zero-order valence-electron chi connectivity index (χ0n) is 9.92. The summed E-state index contributed by atoms with van der Waals surface area (Å²) >= 11 is 0. The Kier molecular flexibility index (Phi) is 6.85. The fraction of sp³-hybridized carbons (Fsp3) is 0.545. The highest BCUT2D eigenvalue weighted by molar-refractivity contribution is 5.91. The van der Waals surface area contributed by atoms with Gasteiger partial charge in [0, 0.05) is 19.5 Å². The largest absolute Gasteiger partial charge is 0.456 e. The number of carbonyl (C=O) groups excluding carboxylic acids is 1. The number of amides is 1. The highest BCUT2D eigenvalue weighted by atomic mass is 35.5. The second kappa shape index (κ2) is 7.30. The smallest absolute Gasteiger partial charge is 0.287 e. The summed E-state index contributed by atoms with van der Waals surface area (Å²) in [7, 11) is 1.85. The predicted octanol–water partition coefficient (Wildman–Crippen LogP) is 1.52. The van der Waals surface area contributed by atoms with Crippen LogP contribution in [0, 0.1) is 6.92 Å². The molecule has 4 nitrogen and oxygen atoms in total. The Morgan fingerprint density at radius 2 is 2.12 bits per heavy atom. The van der Waals surface area contributed by atoms with Gasteiger partial charge in [-0.05, 0) is 25.6 Å². The normalized spacial score (nSPS) is 9.69. The Hall–Kier alpha value is -1.00. The van der Waals surface area contributed by atoms with Crippen LogP contribution in [0.4, 0.5) is 0 Å². The number of hydrogen-bond donors (Lipinski definition) is 2. The summed E-state index contributed by atoms with van der Waals surface area (Å²) in [6.45, 7) is 5.32. The van der Waals surface area contributed by atoms with Crippen molar-refractivity contribution in [1.82, 2.24) is 10.6 Å². The molecule has 0 aliphatic heterocycles. The van der Waals surface area contributed by atoms with Crippen molar-refractivity contribution in [2.24, 2.45) is 0 Å². The van der Waals surface area contributed by atoms with Crippen molar-refractivity contribution >= 4 is 18.3 Å². The Morgan fingerprint density at radius 3 is 2.62 bits per heavy atom. The molecule has 2 N–H and O–H groups in total. The van der Waals surface area contributed by atoms with Gasteiger partial charge in [-0.2, -0.15) is 0 Å². The maximum Gasteiger partial charge on any atom is 0.287 e. The topological polar surface area (TPSA) is 54.3 Å². The van der Waals surface area contributed by atoms with Gasteiger partial charge in [-0.25, -0.2) is 0 Å². The molecule has 0 saturated carbocycles. The molecule has 1 rings (SSSR count). The van der Waals surface area contributed by atoms with Gasteiger partial charge < -0.3 is 15.1 Å². The molecule has 0 aliphatic rings. The van der Waals surface area contributed by atoms with Crippen LogP contribution in [0.5, 0.6) is 0 Å². The fourth-order valence-corrected chi connectivity index (χ4v) is 1.37. The van der Waals surface area contributed by atoms with Crippen molar-refractivity contribution in [1.29, 1.82) is 0 Å². The molecule has 0 fully saturated rings. The molecule has 1 heterocycles. The molecule has 0 spiro atoms. The van der Waals surface area contributed by atoms with E-state index < -0.39 is 0 Å². The predicted molar refractivity (Wildman–Crippen MR) is 66.3 cm³/mol. The Balaban J connectivity index is 0.00000225. The number of aryl methyl sites for hydroxylation is 2. The summed E-state index contributed by atoms with van der Waals surface area (Å²) in [5.74, 6) is 1.14. The number of halogens is 1. The van der Waals surface area contributed by atoms with Crippen molar-refractivity contribution in [3.8, 4) is 0 Å². The van der Waals surface area contributed by atoms with Crippen LogP contribution in [0.25, 0.3) is 0 Å². The fourth-order valence-electron chi connectivity index (χ4n) is 1.37. The van der Waals surface area contributed by atoms with Crippen LogP contribution < -0.4 is 10.6 Å². The van der Waals surface area contributed by atoms with Crippen LogP contribution in [0.1, 0.15) is 28.8 Å². The monoisotopic (exact) mass is 246 g/mol. The maximum absolute atomic E-state index is 11.6. The molecule has 1 amide bonds. The van der Waals surface area contributed by atoms with Crippen molar-refractivity contribution in [2.45, 2.75) is 20.3 Å². The van der Waals surface area contributed by atoms with Gasteiger partial charge >= 0.3 is 0 Å². The molecule has 0 aliphatic carbocycles. The molecule has 0 radical (unpaired) electrons. The molecule has 16 heavy (non-hydrogen) atoms. The van der Waals surface area contributed by atoms with E-state index in [1.54, 1.807) is 6.07 Å². The average Bonchev–Trinajstić information content (AvgIpc) is 2.60. The lowest BCUT2D eigenvalue weighted by atomic mass is 10.2. The van der Waals surface area contributed by atoms with Gasteiger partial charge in [-0.3, -0.25) is 4.79 Å². The minimum Gasteiger partial charge on any atom is -0.456 e. The van der Waals surface area contributed by atoms with Gasteiger partial charge in [0.25, 0.3) is 5.91 Å². The van der Waals surface area contributed by atoms with E-state index in [4.69, 9.17) is 4.42 Å². The third-order valence-electron chi connectivity index (χ3n) is 2.23. The summed E-state index contributed by atoms with van der Waals surface area (Å²) in [5.41, 5.74) is 1.04. The highest BCUT2D eigenvalue weighted by Crippen LogP contribution is 2.14. The highest BCUT2D eigenvalue weighted by Gasteiger charge is 2.12. The van der Waals surface area contributed by atoms with Gasteiger partial charge in [0.1, 0.15) is 5.76 Å². The van der Waals surface area contributed by atoms with Crippen LogP contribution in [0.3, 0.4) is 0 Å². The van der Waals surface area contributed by atoms with E-state index in [0.717, 1.165) is 24.3 Å². The van der Waals surface area contributed by atoms with Crippen molar-refractivity contribution in [3.05, 3.63) is 23.2 Å². The Bertz CT molecular complexity index is 337. The molecule has 0 saturated heterocycles.